The van der Waals surface area contributed by atoms with Gasteiger partial charge in [0.15, 0.2) is 11.5 Å². The molecule has 1 amide bonds. The molecular formula is C20H27N3O3. The molecule has 0 saturated heterocycles. The lowest BCUT2D eigenvalue weighted by atomic mass is 10.2. The van der Waals surface area contributed by atoms with Crippen molar-refractivity contribution in [2.24, 2.45) is 5.92 Å². The monoisotopic (exact) mass is 357 g/mol. The van der Waals surface area contributed by atoms with Crippen LogP contribution in [0.4, 0.5) is 5.82 Å². The Bertz CT molecular complexity index is 763. The van der Waals surface area contributed by atoms with Crippen molar-refractivity contribution < 1.29 is 14.3 Å². The first-order valence-corrected chi connectivity index (χ1v) is 8.74. The molecule has 0 radical (unpaired) electrons. The van der Waals surface area contributed by atoms with Gasteiger partial charge in [-0.3, -0.25) is 4.79 Å². The van der Waals surface area contributed by atoms with E-state index in [9.17, 15) is 4.79 Å². The number of nitrogens with zero attached hydrogens (tertiary/aromatic N) is 2. The lowest BCUT2D eigenvalue weighted by Crippen LogP contribution is -2.15. The van der Waals surface area contributed by atoms with Gasteiger partial charge in [0.05, 0.1) is 19.4 Å². The minimum absolute atomic E-state index is 0.0618. The first-order valence-electron chi connectivity index (χ1n) is 8.74. The first kappa shape index (κ1) is 19.6. The molecule has 1 heterocycles. The Morgan fingerprint density at radius 3 is 2.65 bits per heavy atom. The molecule has 0 bridgehead atoms. The van der Waals surface area contributed by atoms with Crippen LogP contribution in [-0.4, -0.2) is 28.9 Å². The van der Waals surface area contributed by atoms with Crippen molar-refractivity contribution in [1.29, 1.82) is 0 Å². The zero-order chi connectivity index (χ0) is 19.1. The fourth-order valence-electron chi connectivity index (χ4n) is 2.41. The van der Waals surface area contributed by atoms with Crippen molar-refractivity contribution in [2.75, 3.05) is 12.4 Å². The van der Waals surface area contributed by atoms with E-state index in [1.165, 1.54) is 6.08 Å². The second-order valence-electron chi connectivity index (χ2n) is 6.69. The number of hydrogen-bond donors (Lipinski definition) is 1. The number of carbonyl (C=O) groups excluding carboxylic acids is 1. The quantitative estimate of drug-likeness (QED) is 0.726. The van der Waals surface area contributed by atoms with Crippen molar-refractivity contribution in [3.63, 3.8) is 0 Å². The van der Waals surface area contributed by atoms with Gasteiger partial charge in [0.25, 0.3) is 0 Å². The van der Waals surface area contributed by atoms with Gasteiger partial charge in [-0.2, -0.15) is 5.10 Å². The molecule has 2 rings (SSSR count). The molecule has 0 unspecified atom stereocenters. The van der Waals surface area contributed by atoms with Gasteiger partial charge in [-0.25, -0.2) is 4.68 Å². The molecule has 6 heteroatoms. The van der Waals surface area contributed by atoms with Crippen LogP contribution in [-0.2, 0) is 11.3 Å². The molecule has 26 heavy (non-hydrogen) atoms. The second kappa shape index (κ2) is 9.08. The average Bonchev–Trinajstić information content (AvgIpc) is 2.99. The molecule has 0 aliphatic heterocycles. The fourth-order valence-corrected chi connectivity index (χ4v) is 2.41. The Hall–Kier alpha value is -2.76. The molecular weight excluding hydrogens is 330 g/mol. The van der Waals surface area contributed by atoms with E-state index in [1.807, 2.05) is 32.0 Å². The van der Waals surface area contributed by atoms with Crippen LogP contribution in [0.25, 0.3) is 6.08 Å². The highest BCUT2D eigenvalue weighted by atomic mass is 16.5. The van der Waals surface area contributed by atoms with E-state index in [2.05, 4.69) is 24.3 Å². The smallest absolute Gasteiger partial charge is 0.249 e. The third-order valence-corrected chi connectivity index (χ3v) is 3.48. The number of amides is 1. The maximum atomic E-state index is 12.2. The van der Waals surface area contributed by atoms with E-state index in [4.69, 9.17) is 9.47 Å². The SMILES string of the molecule is COc1cc(/C=C\C(=O)Nc2ccnn2CC(C)C)ccc1OC(C)C. The van der Waals surface area contributed by atoms with E-state index >= 15 is 0 Å². The lowest BCUT2D eigenvalue weighted by Gasteiger charge is -2.13. The summed E-state index contributed by atoms with van der Waals surface area (Å²) in [5, 5.41) is 7.08. The van der Waals surface area contributed by atoms with Gasteiger partial charge in [0.1, 0.15) is 5.82 Å². The molecule has 0 spiro atoms. The molecule has 1 aromatic heterocycles. The van der Waals surface area contributed by atoms with Gasteiger partial charge in [-0.1, -0.05) is 19.9 Å². The predicted octanol–water partition coefficient (Wildman–Crippen LogP) is 3.99. The zero-order valence-electron chi connectivity index (χ0n) is 16.0. The molecule has 1 aromatic carbocycles. The maximum absolute atomic E-state index is 12.2. The van der Waals surface area contributed by atoms with E-state index in [-0.39, 0.29) is 12.0 Å². The highest BCUT2D eigenvalue weighted by molar-refractivity contribution is 6.01. The molecule has 140 valence electrons. The number of ether oxygens (including phenoxy) is 2. The van der Waals surface area contributed by atoms with Crippen molar-refractivity contribution >= 4 is 17.8 Å². The Morgan fingerprint density at radius 2 is 2.00 bits per heavy atom. The van der Waals surface area contributed by atoms with Crippen molar-refractivity contribution in [1.82, 2.24) is 9.78 Å². The highest BCUT2D eigenvalue weighted by Crippen LogP contribution is 2.29. The number of rotatable bonds is 8. The van der Waals surface area contributed by atoms with Crippen LogP contribution < -0.4 is 14.8 Å². The number of aromatic nitrogens is 2. The number of anilines is 1. The van der Waals surface area contributed by atoms with Gasteiger partial charge >= 0.3 is 0 Å². The van der Waals surface area contributed by atoms with Crippen LogP contribution >= 0.6 is 0 Å². The number of nitrogens with one attached hydrogen (secondary N) is 1. The maximum Gasteiger partial charge on any atom is 0.249 e. The minimum atomic E-state index is -0.211. The second-order valence-corrected chi connectivity index (χ2v) is 6.69. The Morgan fingerprint density at radius 1 is 1.23 bits per heavy atom. The summed E-state index contributed by atoms with van der Waals surface area (Å²) in [6.45, 7) is 8.88. The summed E-state index contributed by atoms with van der Waals surface area (Å²) in [4.78, 5) is 12.2. The fraction of sp³-hybridized carbons (Fsp3) is 0.400. The van der Waals surface area contributed by atoms with Gasteiger partial charge in [-0.15, -0.1) is 0 Å². The summed E-state index contributed by atoms with van der Waals surface area (Å²) in [6.07, 6.45) is 4.97. The molecule has 6 nitrogen and oxygen atoms in total. The summed E-state index contributed by atoms with van der Waals surface area (Å²) < 4.78 is 12.8. The van der Waals surface area contributed by atoms with Gasteiger partial charge in [0.2, 0.25) is 5.91 Å². The summed E-state index contributed by atoms with van der Waals surface area (Å²) >= 11 is 0. The molecule has 1 N–H and O–H groups in total. The lowest BCUT2D eigenvalue weighted by molar-refractivity contribution is -0.111. The average molecular weight is 357 g/mol. The van der Waals surface area contributed by atoms with Crippen LogP contribution in [0, 0.1) is 5.92 Å². The standard InChI is InChI=1S/C20H27N3O3/c1-14(2)13-23-19(10-11-21-23)22-20(24)9-7-16-6-8-17(26-15(3)4)18(12-16)25-5/h6-12,14-15H,13H2,1-5H3,(H,22,24)/b9-7-. The number of hydrogen-bond acceptors (Lipinski definition) is 4. The van der Waals surface area contributed by atoms with Gasteiger partial charge in [-0.05, 0) is 43.5 Å². The van der Waals surface area contributed by atoms with Crippen LogP contribution in [0.2, 0.25) is 0 Å². The molecule has 0 fully saturated rings. The summed E-state index contributed by atoms with van der Waals surface area (Å²) in [7, 11) is 1.60. The third-order valence-electron chi connectivity index (χ3n) is 3.48. The van der Waals surface area contributed by atoms with Crippen LogP contribution in [0.3, 0.4) is 0 Å². The van der Waals surface area contributed by atoms with Crippen LogP contribution in [0.15, 0.2) is 36.5 Å². The minimum Gasteiger partial charge on any atom is -0.493 e. The largest absolute Gasteiger partial charge is 0.493 e. The highest BCUT2D eigenvalue weighted by Gasteiger charge is 2.08. The summed E-state index contributed by atoms with van der Waals surface area (Å²) in [5.41, 5.74) is 0.851. The van der Waals surface area contributed by atoms with E-state index < -0.39 is 0 Å². The zero-order valence-corrected chi connectivity index (χ0v) is 16.0. The van der Waals surface area contributed by atoms with Crippen LogP contribution in [0.1, 0.15) is 33.3 Å². The molecule has 0 saturated carbocycles. The van der Waals surface area contributed by atoms with Crippen molar-refractivity contribution in [2.45, 2.75) is 40.3 Å². The van der Waals surface area contributed by atoms with Gasteiger partial charge in [0, 0.05) is 18.7 Å². The van der Waals surface area contributed by atoms with Crippen molar-refractivity contribution in [3.8, 4) is 11.5 Å². The molecule has 0 aliphatic rings. The summed E-state index contributed by atoms with van der Waals surface area (Å²) in [5.74, 6) is 2.24. The molecule has 0 aliphatic carbocycles. The Labute approximate surface area is 154 Å². The molecule has 2 aromatic rings. The Balaban J connectivity index is 2.05. The number of methoxy groups -OCH3 is 1. The number of carbonyl (C=O) groups is 1. The normalized spacial score (nSPS) is 11.3. The topological polar surface area (TPSA) is 65.4 Å². The Kier molecular flexibility index (Phi) is 6.83. The molecule has 0 atom stereocenters. The van der Waals surface area contributed by atoms with Crippen LogP contribution in [0.5, 0.6) is 11.5 Å². The van der Waals surface area contributed by atoms with E-state index in [0.717, 1.165) is 12.1 Å². The van der Waals surface area contributed by atoms with E-state index in [0.29, 0.717) is 23.2 Å². The van der Waals surface area contributed by atoms with E-state index in [1.54, 1.807) is 30.1 Å². The van der Waals surface area contributed by atoms with Gasteiger partial charge < -0.3 is 14.8 Å². The number of benzene rings is 1. The first-order chi connectivity index (χ1) is 12.4. The van der Waals surface area contributed by atoms with Crippen molar-refractivity contribution in [3.05, 3.63) is 42.1 Å². The summed E-state index contributed by atoms with van der Waals surface area (Å²) in [6, 6.07) is 7.35. The predicted molar refractivity (Wildman–Crippen MR) is 103 cm³/mol. The third kappa shape index (κ3) is 5.65.